The number of aliphatic hydroxyl groups is 1. The maximum Gasteiger partial charge on any atom is 0.283 e. The van der Waals surface area contributed by atoms with Gasteiger partial charge in [0, 0.05) is 11.1 Å². The highest BCUT2D eigenvalue weighted by Crippen LogP contribution is 2.24. The predicted octanol–water partition coefficient (Wildman–Crippen LogP) is 2.67. The summed E-state index contributed by atoms with van der Waals surface area (Å²) in [5, 5.41) is 23.9. The summed E-state index contributed by atoms with van der Waals surface area (Å²) in [7, 11) is 0. The van der Waals surface area contributed by atoms with E-state index >= 15 is 0 Å². The van der Waals surface area contributed by atoms with Gasteiger partial charge in [0.25, 0.3) is 11.6 Å². The Morgan fingerprint density at radius 3 is 2.76 bits per heavy atom. The molecule has 0 aliphatic heterocycles. The molecule has 2 rings (SSSR count). The molecule has 2 N–H and O–H groups in total. The first-order chi connectivity index (χ1) is 9.99. The number of nitrogens with one attached hydrogen (secondary N) is 1. The molecule has 0 heterocycles. The molecule has 21 heavy (non-hydrogen) atoms. The van der Waals surface area contributed by atoms with Crippen molar-refractivity contribution in [3.8, 4) is 0 Å². The third-order valence-corrected chi connectivity index (χ3v) is 3.93. The third kappa shape index (κ3) is 3.92. The Morgan fingerprint density at radius 1 is 1.33 bits per heavy atom. The number of amides is 1. The van der Waals surface area contributed by atoms with Crippen molar-refractivity contribution in [3.05, 3.63) is 38.9 Å². The fourth-order valence-corrected chi connectivity index (χ4v) is 2.72. The van der Waals surface area contributed by atoms with E-state index in [1.54, 1.807) is 0 Å². The van der Waals surface area contributed by atoms with Crippen LogP contribution in [0.3, 0.4) is 0 Å². The number of halogens is 1. The summed E-state index contributed by atoms with van der Waals surface area (Å²) in [5.74, 6) is -0.552. The molecule has 1 aromatic carbocycles. The van der Waals surface area contributed by atoms with Crippen LogP contribution in [0.5, 0.6) is 0 Å². The Balaban J connectivity index is 2.18. The molecule has 0 aromatic heterocycles. The third-order valence-electron chi connectivity index (χ3n) is 3.70. The second kappa shape index (κ2) is 6.87. The molecule has 0 spiro atoms. The van der Waals surface area contributed by atoms with Gasteiger partial charge in [0.15, 0.2) is 0 Å². The number of carbonyl (C=O) groups is 1. The van der Waals surface area contributed by atoms with Crippen molar-refractivity contribution in [2.45, 2.75) is 44.2 Å². The van der Waals surface area contributed by atoms with Crippen LogP contribution in [0.25, 0.3) is 0 Å². The van der Waals surface area contributed by atoms with Crippen molar-refractivity contribution >= 4 is 23.2 Å². The zero-order valence-corrected chi connectivity index (χ0v) is 12.2. The highest BCUT2D eigenvalue weighted by molar-refractivity contribution is 6.31. The number of rotatable bonds is 3. The van der Waals surface area contributed by atoms with Crippen LogP contribution < -0.4 is 5.32 Å². The first kappa shape index (κ1) is 15.7. The fraction of sp³-hybridized carbons (Fsp3) is 0.500. The average molecular weight is 313 g/mol. The molecular formula is C14H17ClN2O4. The largest absolute Gasteiger partial charge is 0.391 e. The van der Waals surface area contributed by atoms with Gasteiger partial charge in [0.1, 0.15) is 5.56 Å². The summed E-state index contributed by atoms with van der Waals surface area (Å²) >= 11 is 5.73. The molecular weight excluding hydrogens is 296 g/mol. The second-order valence-electron chi connectivity index (χ2n) is 5.20. The van der Waals surface area contributed by atoms with Gasteiger partial charge < -0.3 is 10.4 Å². The van der Waals surface area contributed by atoms with Crippen LogP contribution in [0.4, 0.5) is 5.69 Å². The van der Waals surface area contributed by atoms with Crippen LogP contribution in [-0.4, -0.2) is 28.1 Å². The maximum absolute atomic E-state index is 12.2. The minimum absolute atomic E-state index is 0.0409. The number of hydrogen-bond acceptors (Lipinski definition) is 4. The summed E-state index contributed by atoms with van der Waals surface area (Å²) in [6.45, 7) is 0. The van der Waals surface area contributed by atoms with E-state index < -0.39 is 16.9 Å². The minimum Gasteiger partial charge on any atom is -0.391 e. The molecule has 114 valence electrons. The lowest BCUT2D eigenvalue weighted by molar-refractivity contribution is -0.385. The SMILES string of the molecule is O=C(NC1CCCCCC1O)c1ccc(Cl)cc1[N+](=O)[O-]. The number of nitro groups is 1. The van der Waals surface area contributed by atoms with Crippen LogP contribution in [0.2, 0.25) is 5.02 Å². The van der Waals surface area contributed by atoms with Gasteiger partial charge in [-0.15, -0.1) is 0 Å². The van der Waals surface area contributed by atoms with E-state index in [1.165, 1.54) is 12.1 Å². The Morgan fingerprint density at radius 2 is 2.05 bits per heavy atom. The molecule has 1 aliphatic rings. The van der Waals surface area contributed by atoms with Crippen molar-refractivity contribution in [1.29, 1.82) is 0 Å². The fourth-order valence-electron chi connectivity index (χ4n) is 2.55. The molecule has 1 amide bonds. The van der Waals surface area contributed by atoms with Gasteiger partial charge in [-0.3, -0.25) is 14.9 Å². The second-order valence-corrected chi connectivity index (χ2v) is 5.64. The van der Waals surface area contributed by atoms with E-state index in [-0.39, 0.29) is 22.3 Å². The Bertz CT molecular complexity index is 550. The number of aliphatic hydroxyl groups excluding tert-OH is 1. The van der Waals surface area contributed by atoms with Gasteiger partial charge in [0.05, 0.1) is 17.1 Å². The molecule has 1 aromatic rings. The summed E-state index contributed by atoms with van der Waals surface area (Å²) in [5.41, 5.74) is -0.371. The number of nitro benzene ring substituents is 1. The Hall–Kier alpha value is -1.66. The maximum atomic E-state index is 12.2. The average Bonchev–Trinajstić information content (AvgIpc) is 2.64. The Kier molecular flexibility index (Phi) is 5.14. The minimum atomic E-state index is -0.635. The highest BCUT2D eigenvalue weighted by Gasteiger charge is 2.27. The van der Waals surface area contributed by atoms with E-state index in [0.29, 0.717) is 12.8 Å². The summed E-state index contributed by atoms with van der Waals surface area (Å²) in [6, 6.07) is 3.56. The van der Waals surface area contributed by atoms with Crippen molar-refractivity contribution in [1.82, 2.24) is 5.32 Å². The number of carbonyl (C=O) groups excluding carboxylic acids is 1. The summed E-state index contributed by atoms with van der Waals surface area (Å²) < 4.78 is 0. The lowest BCUT2D eigenvalue weighted by Gasteiger charge is -2.21. The van der Waals surface area contributed by atoms with Crippen molar-refractivity contribution in [2.75, 3.05) is 0 Å². The van der Waals surface area contributed by atoms with E-state index in [2.05, 4.69) is 5.32 Å². The van der Waals surface area contributed by atoms with E-state index in [9.17, 15) is 20.0 Å². The smallest absolute Gasteiger partial charge is 0.283 e. The highest BCUT2D eigenvalue weighted by atomic mass is 35.5. The van der Waals surface area contributed by atoms with Gasteiger partial charge in [0.2, 0.25) is 0 Å². The zero-order chi connectivity index (χ0) is 15.4. The van der Waals surface area contributed by atoms with Gasteiger partial charge in [-0.25, -0.2) is 0 Å². The summed E-state index contributed by atoms with van der Waals surface area (Å²) in [4.78, 5) is 22.6. The molecule has 2 atom stereocenters. The molecule has 0 radical (unpaired) electrons. The van der Waals surface area contributed by atoms with Crippen LogP contribution in [0.15, 0.2) is 18.2 Å². The number of hydrogen-bond donors (Lipinski definition) is 2. The normalized spacial score (nSPS) is 22.4. The molecule has 2 unspecified atom stereocenters. The van der Waals surface area contributed by atoms with E-state index in [1.807, 2.05) is 0 Å². The Labute approximate surface area is 127 Å². The molecule has 1 fully saturated rings. The van der Waals surface area contributed by atoms with Gasteiger partial charge >= 0.3 is 0 Å². The molecule has 7 heteroatoms. The van der Waals surface area contributed by atoms with Crippen molar-refractivity contribution < 1.29 is 14.8 Å². The monoisotopic (exact) mass is 312 g/mol. The summed E-state index contributed by atoms with van der Waals surface area (Å²) in [6.07, 6.45) is 3.56. The zero-order valence-electron chi connectivity index (χ0n) is 11.4. The van der Waals surface area contributed by atoms with Crippen LogP contribution >= 0.6 is 11.6 Å². The standard InChI is InChI=1S/C14H17ClN2O4/c15-9-6-7-10(12(8-9)17(20)21)14(19)16-11-4-2-1-3-5-13(11)18/h6-8,11,13,18H,1-5H2,(H,16,19). The number of benzene rings is 1. The van der Waals surface area contributed by atoms with Gasteiger partial charge in [-0.1, -0.05) is 30.9 Å². The molecule has 0 bridgehead atoms. The van der Waals surface area contributed by atoms with Crippen LogP contribution in [0.1, 0.15) is 42.5 Å². The van der Waals surface area contributed by atoms with Crippen molar-refractivity contribution in [2.24, 2.45) is 0 Å². The molecule has 1 aliphatic carbocycles. The van der Waals surface area contributed by atoms with E-state index in [0.717, 1.165) is 25.3 Å². The lowest BCUT2D eigenvalue weighted by Crippen LogP contribution is -2.42. The predicted molar refractivity (Wildman–Crippen MR) is 78.5 cm³/mol. The van der Waals surface area contributed by atoms with Gasteiger partial charge in [-0.05, 0) is 25.0 Å². The molecule has 0 saturated heterocycles. The van der Waals surface area contributed by atoms with Crippen molar-refractivity contribution in [3.63, 3.8) is 0 Å². The molecule has 1 saturated carbocycles. The van der Waals surface area contributed by atoms with Crippen LogP contribution in [-0.2, 0) is 0 Å². The van der Waals surface area contributed by atoms with Crippen LogP contribution in [0, 0.1) is 10.1 Å². The lowest BCUT2D eigenvalue weighted by atomic mass is 10.0. The first-order valence-corrected chi connectivity index (χ1v) is 7.29. The first-order valence-electron chi connectivity index (χ1n) is 6.92. The van der Waals surface area contributed by atoms with Gasteiger partial charge in [-0.2, -0.15) is 0 Å². The van der Waals surface area contributed by atoms with E-state index in [4.69, 9.17) is 11.6 Å². The molecule has 6 nitrogen and oxygen atoms in total. The quantitative estimate of drug-likeness (QED) is 0.510. The topological polar surface area (TPSA) is 92.5 Å². The number of nitrogens with zero attached hydrogens (tertiary/aromatic N) is 1.